The molecule has 0 aromatic carbocycles. The van der Waals surface area contributed by atoms with Crippen molar-refractivity contribution in [1.82, 2.24) is 5.32 Å². The number of primary amides is 1. The molecule has 0 aliphatic rings. The number of anilines is 1. The van der Waals surface area contributed by atoms with E-state index in [2.05, 4.69) is 17.6 Å². The molecular formula is C12H19N3O2S. The molecule has 0 atom stereocenters. The maximum atomic E-state index is 11.9. The van der Waals surface area contributed by atoms with Crippen molar-refractivity contribution in [3.05, 3.63) is 16.0 Å². The lowest BCUT2D eigenvalue weighted by Gasteiger charge is -2.06. The predicted octanol–water partition coefficient (Wildman–Crippen LogP) is 1.13. The van der Waals surface area contributed by atoms with Crippen molar-refractivity contribution in [1.29, 1.82) is 0 Å². The second-order valence-corrected chi connectivity index (χ2v) is 5.04. The molecule has 0 spiro atoms. The quantitative estimate of drug-likeness (QED) is 0.724. The molecule has 5 nitrogen and oxygen atoms in total. The standard InChI is InChI=1S/C12H19N3O2S/c1-4-5-8-7(6-9(13)16)10(11(17)14-2)12(15-3)18-8/h15H,4-6H2,1-3H3,(H2,13,16)(H,14,17). The SMILES string of the molecule is CCCc1sc(NC)c(C(=O)NC)c1CC(N)=O. The Morgan fingerprint density at radius 3 is 2.44 bits per heavy atom. The Labute approximate surface area is 111 Å². The molecule has 1 aromatic rings. The van der Waals surface area contributed by atoms with Gasteiger partial charge in [-0.3, -0.25) is 9.59 Å². The van der Waals surface area contributed by atoms with Crippen molar-refractivity contribution in [3.8, 4) is 0 Å². The second-order valence-electron chi connectivity index (χ2n) is 3.93. The third-order valence-corrected chi connectivity index (χ3v) is 3.91. The largest absolute Gasteiger partial charge is 0.379 e. The van der Waals surface area contributed by atoms with Crippen molar-refractivity contribution >= 4 is 28.2 Å². The van der Waals surface area contributed by atoms with Gasteiger partial charge in [0.25, 0.3) is 5.91 Å². The van der Waals surface area contributed by atoms with E-state index in [1.54, 1.807) is 14.1 Å². The van der Waals surface area contributed by atoms with E-state index in [1.165, 1.54) is 11.3 Å². The van der Waals surface area contributed by atoms with Crippen LogP contribution >= 0.6 is 11.3 Å². The number of thiophene rings is 1. The van der Waals surface area contributed by atoms with Crippen LogP contribution in [-0.4, -0.2) is 25.9 Å². The summed E-state index contributed by atoms with van der Waals surface area (Å²) in [7, 11) is 3.34. The fraction of sp³-hybridized carbons (Fsp3) is 0.500. The van der Waals surface area contributed by atoms with Gasteiger partial charge in [0, 0.05) is 19.0 Å². The van der Waals surface area contributed by atoms with Gasteiger partial charge in [-0.05, 0) is 12.0 Å². The van der Waals surface area contributed by atoms with E-state index < -0.39 is 5.91 Å². The number of nitrogens with two attached hydrogens (primary N) is 1. The highest BCUT2D eigenvalue weighted by atomic mass is 32.1. The molecule has 0 aliphatic carbocycles. The summed E-state index contributed by atoms with van der Waals surface area (Å²) >= 11 is 1.52. The molecule has 0 saturated carbocycles. The molecule has 0 saturated heterocycles. The summed E-state index contributed by atoms with van der Waals surface area (Å²) in [6.45, 7) is 2.06. The lowest BCUT2D eigenvalue weighted by Crippen LogP contribution is -2.22. The lowest BCUT2D eigenvalue weighted by atomic mass is 10.0. The third kappa shape index (κ3) is 3.01. The first kappa shape index (κ1) is 14.5. The first-order chi connectivity index (χ1) is 8.54. The fourth-order valence-electron chi connectivity index (χ4n) is 1.84. The smallest absolute Gasteiger partial charge is 0.254 e. The Morgan fingerprint density at radius 1 is 1.33 bits per heavy atom. The van der Waals surface area contributed by atoms with Crippen LogP contribution in [0.1, 0.15) is 34.1 Å². The summed E-state index contributed by atoms with van der Waals surface area (Å²) in [6.07, 6.45) is 1.91. The molecule has 18 heavy (non-hydrogen) atoms. The third-order valence-electron chi connectivity index (χ3n) is 2.60. The van der Waals surface area contributed by atoms with Crippen molar-refractivity contribution in [3.63, 3.8) is 0 Å². The molecule has 100 valence electrons. The molecule has 1 heterocycles. The molecule has 1 aromatic heterocycles. The van der Waals surface area contributed by atoms with Crippen LogP contribution in [0, 0.1) is 0 Å². The van der Waals surface area contributed by atoms with Crippen LogP contribution in [0.3, 0.4) is 0 Å². The Morgan fingerprint density at radius 2 is 2.00 bits per heavy atom. The van der Waals surface area contributed by atoms with Gasteiger partial charge in [0.05, 0.1) is 12.0 Å². The van der Waals surface area contributed by atoms with Gasteiger partial charge in [-0.2, -0.15) is 0 Å². The predicted molar refractivity (Wildman–Crippen MR) is 74.1 cm³/mol. The monoisotopic (exact) mass is 269 g/mol. The summed E-state index contributed by atoms with van der Waals surface area (Å²) in [6, 6.07) is 0. The van der Waals surface area contributed by atoms with Crippen LogP contribution in [0.4, 0.5) is 5.00 Å². The zero-order chi connectivity index (χ0) is 13.7. The average Bonchev–Trinajstić information content (AvgIpc) is 2.66. The van der Waals surface area contributed by atoms with Crippen molar-refractivity contribution in [2.75, 3.05) is 19.4 Å². The number of carbonyl (C=O) groups is 2. The minimum Gasteiger partial charge on any atom is -0.379 e. The average molecular weight is 269 g/mol. The summed E-state index contributed by atoms with van der Waals surface area (Å²) in [5, 5.41) is 6.40. The molecule has 0 bridgehead atoms. The first-order valence-corrected chi connectivity index (χ1v) is 6.69. The number of nitrogens with one attached hydrogen (secondary N) is 2. The Balaban J connectivity index is 3.32. The van der Waals surface area contributed by atoms with Crippen LogP contribution in [-0.2, 0) is 17.6 Å². The van der Waals surface area contributed by atoms with Crippen LogP contribution in [0.25, 0.3) is 0 Å². The highest BCUT2D eigenvalue weighted by molar-refractivity contribution is 7.16. The van der Waals surface area contributed by atoms with Crippen molar-refractivity contribution in [2.45, 2.75) is 26.2 Å². The summed E-state index contributed by atoms with van der Waals surface area (Å²) in [4.78, 5) is 24.1. The summed E-state index contributed by atoms with van der Waals surface area (Å²) < 4.78 is 0. The number of amides is 2. The Kier molecular flexibility index (Phi) is 5.15. The Bertz CT molecular complexity index is 454. The molecule has 0 aliphatic heterocycles. The maximum absolute atomic E-state index is 11.9. The van der Waals surface area contributed by atoms with E-state index in [0.29, 0.717) is 5.56 Å². The minimum absolute atomic E-state index is 0.107. The van der Waals surface area contributed by atoms with Gasteiger partial charge in [-0.1, -0.05) is 13.3 Å². The van der Waals surface area contributed by atoms with E-state index >= 15 is 0 Å². The minimum atomic E-state index is -0.419. The highest BCUT2D eigenvalue weighted by Crippen LogP contribution is 2.34. The molecule has 4 N–H and O–H groups in total. The first-order valence-electron chi connectivity index (χ1n) is 5.87. The van der Waals surface area contributed by atoms with Crippen LogP contribution in [0.2, 0.25) is 0 Å². The number of aryl methyl sites for hydroxylation is 1. The summed E-state index contributed by atoms with van der Waals surface area (Å²) in [5.41, 5.74) is 6.57. The topological polar surface area (TPSA) is 84.2 Å². The van der Waals surface area contributed by atoms with E-state index in [-0.39, 0.29) is 12.3 Å². The molecule has 6 heteroatoms. The van der Waals surface area contributed by atoms with Gasteiger partial charge in [0.2, 0.25) is 5.91 Å². The van der Waals surface area contributed by atoms with E-state index in [0.717, 1.165) is 28.3 Å². The van der Waals surface area contributed by atoms with Crippen molar-refractivity contribution < 1.29 is 9.59 Å². The van der Waals surface area contributed by atoms with Gasteiger partial charge in [0.15, 0.2) is 0 Å². The van der Waals surface area contributed by atoms with E-state index in [9.17, 15) is 9.59 Å². The molecule has 0 fully saturated rings. The molecule has 0 radical (unpaired) electrons. The maximum Gasteiger partial charge on any atom is 0.254 e. The van der Waals surface area contributed by atoms with Gasteiger partial charge in [0.1, 0.15) is 5.00 Å². The van der Waals surface area contributed by atoms with Gasteiger partial charge in [-0.25, -0.2) is 0 Å². The number of carbonyl (C=O) groups excluding carboxylic acids is 2. The number of hydrogen-bond donors (Lipinski definition) is 3. The molecular weight excluding hydrogens is 250 g/mol. The summed E-state index contributed by atoms with van der Waals surface area (Å²) in [5.74, 6) is -0.604. The lowest BCUT2D eigenvalue weighted by molar-refractivity contribution is -0.117. The molecule has 2 amide bonds. The molecule has 1 rings (SSSR count). The van der Waals surface area contributed by atoms with E-state index in [1.807, 2.05) is 0 Å². The van der Waals surface area contributed by atoms with Gasteiger partial charge in [-0.15, -0.1) is 11.3 Å². The fourth-order valence-corrected chi connectivity index (χ4v) is 3.11. The van der Waals surface area contributed by atoms with Crippen molar-refractivity contribution in [2.24, 2.45) is 5.73 Å². The van der Waals surface area contributed by atoms with Crippen LogP contribution in [0.15, 0.2) is 0 Å². The number of rotatable bonds is 6. The highest BCUT2D eigenvalue weighted by Gasteiger charge is 2.23. The zero-order valence-corrected chi connectivity index (χ0v) is 11.7. The van der Waals surface area contributed by atoms with Crippen LogP contribution < -0.4 is 16.4 Å². The molecule has 0 unspecified atom stereocenters. The normalized spacial score (nSPS) is 10.2. The Hall–Kier alpha value is -1.56. The zero-order valence-electron chi connectivity index (χ0n) is 10.9. The second kappa shape index (κ2) is 6.39. The number of hydrogen-bond acceptors (Lipinski definition) is 4. The van der Waals surface area contributed by atoms with Gasteiger partial charge < -0.3 is 16.4 Å². The van der Waals surface area contributed by atoms with Crippen LogP contribution in [0.5, 0.6) is 0 Å². The van der Waals surface area contributed by atoms with Gasteiger partial charge >= 0.3 is 0 Å². The van der Waals surface area contributed by atoms with E-state index in [4.69, 9.17) is 5.73 Å².